The molecular weight excluding hydrogens is 186 g/mol. The van der Waals surface area contributed by atoms with Crippen molar-refractivity contribution >= 4 is 5.84 Å². The van der Waals surface area contributed by atoms with Crippen LogP contribution in [0.25, 0.3) is 0 Å². The van der Waals surface area contributed by atoms with Crippen molar-refractivity contribution in [2.24, 2.45) is 22.1 Å². The van der Waals surface area contributed by atoms with E-state index in [1.807, 2.05) is 0 Å². The molecule has 88 valence electrons. The molecule has 0 aromatic heterocycles. The molecule has 0 bridgehead atoms. The zero-order chi connectivity index (χ0) is 11.5. The molecule has 1 aliphatic heterocycles. The van der Waals surface area contributed by atoms with Crippen molar-refractivity contribution in [2.75, 3.05) is 26.2 Å². The quantitative estimate of drug-likeness (QED) is 0.570. The Bertz CT molecular complexity index is 228. The molecule has 1 aliphatic rings. The standard InChI is InChI=1S/C12H25N3/c1-5-15-7-6-10(9-15)8-14-11(13)12(2,3)4/h10H,5-9H2,1-4H3,(H2,13,14). The van der Waals surface area contributed by atoms with Gasteiger partial charge in [-0.2, -0.15) is 0 Å². The van der Waals surface area contributed by atoms with Gasteiger partial charge in [0, 0.05) is 18.5 Å². The summed E-state index contributed by atoms with van der Waals surface area (Å²) in [4.78, 5) is 6.99. The normalized spacial score (nSPS) is 24.8. The van der Waals surface area contributed by atoms with Gasteiger partial charge in [-0.3, -0.25) is 4.99 Å². The molecule has 0 saturated carbocycles. The van der Waals surface area contributed by atoms with Crippen LogP contribution in [0, 0.1) is 11.3 Å². The number of nitrogens with zero attached hydrogens (tertiary/aromatic N) is 2. The largest absolute Gasteiger partial charge is 0.387 e. The van der Waals surface area contributed by atoms with Crippen molar-refractivity contribution in [2.45, 2.75) is 34.1 Å². The third-order valence-corrected chi connectivity index (χ3v) is 3.11. The highest BCUT2D eigenvalue weighted by molar-refractivity contribution is 5.85. The molecular formula is C12H25N3. The summed E-state index contributed by atoms with van der Waals surface area (Å²) in [6.45, 7) is 13.0. The van der Waals surface area contributed by atoms with E-state index in [2.05, 4.69) is 37.6 Å². The summed E-state index contributed by atoms with van der Waals surface area (Å²) in [5.41, 5.74) is 5.95. The van der Waals surface area contributed by atoms with Gasteiger partial charge in [-0.15, -0.1) is 0 Å². The van der Waals surface area contributed by atoms with Crippen LogP contribution >= 0.6 is 0 Å². The van der Waals surface area contributed by atoms with E-state index in [1.165, 1.54) is 19.5 Å². The molecule has 3 heteroatoms. The van der Waals surface area contributed by atoms with Gasteiger partial charge in [0.15, 0.2) is 0 Å². The molecule has 1 rings (SSSR count). The first-order valence-corrected chi connectivity index (χ1v) is 5.96. The number of aliphatic imine (C=N–C) groups is 1. The average molecular weight is 211 g/mol. The highest BCUT2D eigenvalue weighted by Gasteiger charge is 2.21. The molecule has 15 heavy (non-hydrogen) atoms. The minimum atomic E-state index is 0.0169. The Hall–Kier alpha value is -0.570. The SMILES string of the molecule is CCN1CCC(CN=C(N)C(C)(C)C)C1. The van der Waals surface area contributed by atoms with Crippen LogP contribution in [0.2, 0.25) is 0 Å². The zero-order valence-electron chi connectivity index (χ0n) is 10.6. The first-order chi connectivity index (χ1) is 6.93. The molecule has 3 nitrogen and oxygen atoms in total. The highest BCUT2D eigenvalue weighted by Crippen LogP contribution is 2.17. The van der Waals surface area contributed by atoms with Crippen LogP contribution in [0.15, 0.2) is 4.99 Å². The van der Waals surface area contributed by atoms with E-state index in [9.17, 15) is 0 Å². The van der Waals surface area contributed by atoms with Gasteiger partial charge in [0.1, 0.15) is 0 Å². The second-order valence-corrected chi connectivity index (χ2v) is 5.52. The maximum Gasteiger partial charge on any atom is 0.0991 e. The fraction of sp³-hybridized carbons (Fsp3) is 0.917. The van der Waals surface area contributed by atoms with E-state index < -0.39 is 0 Å². The van der Waals surface area contributed by atoms with E-state index in [0.717, 1.165) is 18.9 Å². The predicted octanol–water partition coefficient (Wildman–Crippen LogP) is 1.73. The van der Waals surface area contributed by atoms with E-state index in [-0.39, 0.29) is 5.41 Å². The highest BCUT2D eigenvalue weighted by atomic mass is 15.1. The van der Waals surface area contributed by atoms with Crippen LogP contribution in [-0.4, -0.2) is 36.9 Å². The summed E-state index contributed by atoms with van der Waals surface area (Å²) in [6.07, 6.45) is 1.27. The number of nitrogens with two attached hydrogens (primary N) is 1. The lowest BCUT2D eigenvalue weighted by Gasteiger charge is -2.18. The smallest absolute Gasteiger partial charge is 0.0991 e. The molecule has 1 fully saturated rings. The molecule has 0 amide bonds. The van der Waals surface area contributed by atoms with Crippen molar-refractivity contribution in [3.63, 3.8) is 0 Å². The van der Waals surface area contributed by atoms with Crippen LogP contribution in [0.1, 0.15) is 34.1 Å². The maximum atomic E-state index is 5.93. The summed E-state index contributed by atoms with van der Waals surface area (Å²) < 4.78 is 0. The fourth-order valence-corrected chi connectivity index (χ4v) is 1.81. The summed E-state index contributed by atoms with van der Waals surface area (Å²) in [5.74, 6) is 1.50. The lowest BCUT2D eigenvalue weighted by molar-refractivity contribution is 0.343. The van der Waals surface area contributed by atoms with Crippen molar-refractivity contribution in [1.82, 2.24) is 4.90 Å². The fourth-order valence-electron chi connectivity index (χ4n) is 1.81. The maximum absolute atomic E-state index is 5.93. The van der Waals surface area contributed by atoms with Gasteiger partial charge in [-0.1, -0.05) is 27.7 Å². The molecule has 0 aliphatic carbocycles. The Morgan fingerprint density at radius 3 is 2.60 bits per heavy atom. The topological polar surface area (TPSA) is 41.6 Å². The molecule has 0 aromatic rings. The van der Waals surface area contributed by atoms with E-state index in [0.29, 0.717) is 5.92 Å². The van der Waals surface area contributed by atoms with Crippen LogP contribution in [0.5, 0.6) is 0 Å². The van der Waals surface area contributed by atoms with Gasteiger partial charge in [-0.05, 0) is 25.4 Å². The minimum absolute atomic E-state index is 0.0169. The monoisotopic (exact) mass is 211 g/mol. The number of hydrogen-bond acceptors (Lipinski definition) is 2. The molecule has 1 heterocycles. The van der Waals surface area contributed by atoms with Gasteiger partial charge in [0.05, 0.1) is 5.84 Å². The summed E-state index contributed by atoms with van der Waals surface area (Å²) in [5, 5.41) is 0. The van der Waals surface area contributed by atoms with Crippen LogP contribution in [-0.2, 0) is 0 Å². The number of amidine groups is 1. The van der Waals surface area contributed by atoms with Crippen LogP contribution < -0.4 is 5.73 Å². The molecule has 1 saturated heterocycles. The molecule has 2 N–H and O–H groups in total. The number of hydrogen-bond donors (Lipinski definition) is 1. The molecule has 0 aromatic carbocycles. The minimum Gasteiger partial charge on any atom is -0.387 e. The number of likely N-dealkylation sites (tertiary alicyclic amines) is 1. The zero-order valence-corrected chi connectivity index (χ0v) is 10.6. The second kappa shape index (κ2) is 4.97. The second-order valence-electron chi connectivity index (χ2n) is 5.52. The predicted molar refractivity (Wildman–Crippen MR) is 66.2 cm³/mol. The van der Waals surface area contributed by atoms with E-state index >= 15 is 0 Å². The van der Waals surface area contributed by atoms with Gasteiger partial charge >= 0.3 is 0 Å². The van der Waals surface area contributed by atoms with Crippen molar-refractivity contribution in [3.05, 3.63) is 0 Å². The Morgan fingerprint density at radius 2 is 2.13 bits per heavy atom. The van der Waals surface area contributed by atoms with E-state index in [1.54, 1.807) is 0 Å². The Kier molecular flexibility index (Phi) is 4.14. The first kappa shape index (κ1) is 12.5. The Labute approximate surface area is 93.7 Å². The van der Waals surface area contributed by atoms with Gasteiger partial charge in [0.2, 0.25) is 0 Å². The first-order valence-electron chi connectivity index (χ1n) is 5.96. The van der Waals surface area contributed by atoms with E-state index in [4.69, 9.17) is 5.73 Å². The average Bonchev–Trinajstić information content (AvgIpc) is 2.60. The lowest BCUT2D eigenvalue weighted by Crippen LogP contribution is -2.30. The molecule has 1 atom stereocenters. The van der Waals surface area contributed by atoms with Crippen molar-refractivity contribution < 1.29 is 0 Å². The molecule has 0 spiro atoms. The molecule has 1 unspecified atom stereocenters. The Morgan fingerprint density at radius 1 is 1.47 bits per heavy atom. The summed E-state index contributed by atoms with van der Waals surface area (Å²) in [6, 6.07) is 0. The number of rotatable bonds is 3. The lowest BCUT2D eigenvalue weighted by atomic mass is 9.95. The van der Waals surface area contributed by atoms with Gasteiger partial charge in [0.25, 0.3) is 0 Å². The third kappa shape index (κ3) is 3.82. The third-order valence-electron chi connectivity index (χ3n) is 3.11. The summed E-state index contributed by atoms with van der Waals surface area (Å²) in [7, 11) is 0. The Balaban J connectivity index is 2.38. The van der Waals surface area contributed by atoms with Gasteiger partial charge in [-0.25, -0.2) is 0 Å². The molecule has 0 radical (unpaired) electrons. The van der Waals surface area contributed by atoms with Crippen molar-refractivity contribution in [1.29, 1.82) is 0 Å². The van der Waals surface area contributed by atoms with Crippen molar-refractivity contribution in [3.8, 4) is 0 Å². The van der Waals surface area contributed by atoms with Gasteiger partial charge < -0.3 is 10.6 Å². The summed E-state index contributed by atoms with van der Waals surface area (Å²) >= 11 is 0. The van der Waals surface area contributed by atoms with Crippen LogP contribution in [0.3, 0.4) is 0 Å². The van der Waals surface area contributed by atoms with Crippen LogP contribution in [0.4, 0.5) is 0 Å².